The molecule has 2 fully saturated rings. The molecule has 3 atom stereocenters. The van der Waals surface area contributed by atoms with Crippen LogP contribution in [0.2, 0.25) is 0 Å². The quantitative estimate of drug-likeness (QED) is 0.736. The van der Waals surface area contributed by atoms with Crippen molar-refractivity contribution >= 4 is 0 Å². The molecule has 4 heteroatoms. The molecule has 0 amide bonds. The van der Waals surface area contributed by atoms with E-state index >= 15 is 0 Å². The number of fused-ring (bicyclic) bond motifs is 2. The second kappa shape index (κ2) is 7.19. The number of piperidine rings is 1. The Kier molecular flexibility index (Phi) is 4.45. The molecule has 6 rings (SSSR count). The van der Waals surface area contributed by atoms with Crippen LogP contribution >= 0.6 is 0 Å². The maximum absolute atomic E-state index is 5.61. The van der Waals surface area contributed by atoms with Crippen LogP contribution in [-0.4, -0.2) is 37.9 Å². The number of rotatable bonds is 4. The fourth-order valence-electron chi connectivity index (χ4n) is 6.84. The zero-order valence-electron chi connectivity index (χ0n) is 17.9. The summed E-state index contributed by atoms with van der Waals surface area (Å²) < 4.78 is 16.7. The fraction of sp³-hybridized carbons (Fsp3) is 0.538. The Morgan fingerprint density at radius 1 is 1.07 bits per heavy atom. The van der Waals surface area contributed by atoms with Gasteiger partial charge in [0.15, 0.2) is 11.5 Å². The van der Waals surface area contributed by atoms with E-state index in [1.54, 1.807) is 18.2 Å². The number of benzene rings is 2. The van der Waals surface area contributed by atoms with Gasteiger partial charge in [-0.1, -0.05) is 25.0 Å². The highest BCUT2D eigenvalue weighted by Crippen LogP contribution is 2.56. The van der Waals surface area contributed by atoms with Gasteiger partial charge >= 0.3 is 0 Å². The van der Waals surface area contributed by atoms with Gasteiger partial charge in [0.1, 0.15) is 5.75 Å². The van der Waals surface area contributed by atoms with Gasteiger partial charge in [0, 0.05) is 18.0 Å². The summed E-state index contributed by atoms with van der Waals surface area (Å²) in [5.74, 6) is 3.59. The molecule has 0 N–H and O–H groups in total. The third-order valence-corrected chi connectivity index (χ3v) is 8.28. The van der Waals surface area contributed by atoms with Crippen molar-refractivity contribution in [2.45, 2.75) is 56.4 Å². The maximum Gasteiger partial charge on any atom is 0.231 e. The first-order valence-electron chi connectivity index (χ1n) is 11.6. The van der Waals surface area contributed by atoms with E-state index in [2.05, 4.69) is 41.3 Å². The van der Waals surface area contributed by atoms with E-state index in [4.69, 9.17) is 14.2 Å². The minimum absolute atomic E-state index is 0.348. The zero-order chi connectivity index (χ0) is 20.1. The zero-order valence-corrected chi connectivity index (χ0v) is 17.9. The van der Waals surface area contributed by atoms with Gasteiger partial charge in [0.25, 0.3) is 0 Å². The van der Waals surface area contributed by atoms with Crippen LogP contribution in [0.1, 0.15) is 48.8 Å². The lowest BCUT2D eigenvalue weighted by atomic mass is 9.52. The summed E-state index contributed by atoms with van der Waals surface area (Å²) in [6.45, 7) is 2.69. The highest BCUT2D eigenvalue weighted by molar-refractivity contribution is 5.46. The minimum atomic E-state index is 0.348. The molecule has 2 aliphatic heterocycles. The summed E-state index contributed by atoms with van der Waals surface area (Å²) >= 11 is 0. The average molecular weight is 406 g/mol. The lowest BCUT2D eigenvalue weighted by molar-refractivity contribution is -0.0106. The largest absolute Gasteiger partial charge is 0.497 e. The second-order valence-electron chi connectivity index (χ2n) is 9.53. The number of nitrogens with zero attached hydrogens (tertiary/aromatic N) is 1. The van der Waals surface area contributed by atoms with Gasteiger partial charge in [-0.25, -0.2) is 0 Å². The molecule has 0 unspecified atom stereocenters. The first kappa shape index (κ1) is 18.6. The Labute approximate surface area is 179 Å². The first-order valence-corrected chi connectivity index (χ1v) is 11.6. The summed E-state index contributed by atoms with van der Waals surface area (Å²) in [5.41, 5.74) is 4.89. The molecule has 0 spiro atoms. The second-order valence-corrected chi connectivity index (χ2v) is 9.53. The van der Waals surface area contributed by atoms with Crippen LogP contribution in [0.5, 0.6) is 17.2 Å². The first-order chi connectivity index (χ1) is 14.8. The van der Waals surface area contributed by atoms with Crippen LogP contribution in [0.15, 0.2) is 36.4 Å². The summed E-state index contributed by atoms with van der Waals surface area (Å²) in [6, 6.07) is 14.0. The molecule has 2 aliphatic carbocycles. The predicted molar refractivity (Wildman–Crippen MR) is 117 cm³/mol. The summed E-state index contributed by atoms with van der Waals surface area (Å²) in [4.78, 5) is 2.80. The van der Waals surface area contributed by atoms with Gasteiger partial charge < -0.3 is 14.2 Å². The van der Waals surface area contributed by atoms with E-state index in [0.717, 1.165) is 36.1 Å². The Hall–Kier alpha value is -2.20. The van der Waals surface area contributed by atoms with Gasteiger partial charge in [-0.05, 0) is 85.5 Å². The molecule has 30 heavy (non-hydrogen) atoms. The van der Waals surface area contributed by atoms with Crippen LogP contribution in [0.4, 0.5) is 0 Å². The lowest BCUT2D eigenvalue weighted by Crippen LogP contribution is -2.61. The number of ether oxygens (including phenoxy) is 3. The average Bonchev–Trinajstić information content (AvgIpc) is 3.26. The monoisotopic (exact) mass is 405 g/mol. The van der Waals surface area contributed by atoms with E-state index in [1.165, 1.54) is 50.6 Å². The van der Waals surface area contributed by atoms with Gasteiger partial charge in [-0.2, -0.15) is 0 Å². The van der Waals surface area contributed by atoms with Crippen molar-refractivity contribution in [3.63, 3.8) is 0 Å². The van der Waals surface area contributed by atoms with Crippen LogP contribution in [0.25, 0.3) is 0 Å². The van der Waals surface area contributed by atoms with Gasteiger partial charge in [0.2, 0.25) is 6.79 Å². The Morgan fingerprint density at radius 2 is 2.00 bits per heavy atom. The Balaban J connectivity index is 1.26. The van der Waals surface area contributed by atoms with Crippen molar-refractivity contribution in [1.29, 1.82) is 0 Å². The van der Waals surface area contributed by atoms with Gasteiger partial charge in [-0.15, -0.1) is 0 Å². The highest BCUT2D eigenvalue weighted by atomic mass is 16.7. The third kappa shape index (κ3) is 2.84. The van der Waals surface area contributed by atoms with Crippen LogP contribution < -0.4 is 14.2 Å². The standard InChI is InChI=1S/C26H31NO3/c1-28-20-7-6-19-15-23-21-4-2-3-10-26(21,22(19)16-20)11-13-27(23)12-9-18-5-8-24-25(14-18)30-17-29-24/h5-8,14,16,21,23H,2-4,9-13,15,17H2,1H3/t21-,23-,26-/m0/s1. The van der Waals surface area contributed by atoms with Crippen molar-refractivity contribution in [3.05, 3.63) is 53.1 Å². The predicted octanol–water partition coefficient (Wildman–Crippen LogP) is 4.73. The molecule has 2 aromatic rings. The van der Waals surface area contributed by atoms with Crippen LogP contribution in [0.3, 0.4) is 0 Å². The van der Waals surface area contributed by atoms with E-state index in [-0.39, 0.29) is 0 Å². The topological polar surface area (TPSA) is 30.9 Å². The van der Waals surface area contributed by atoms with Crippen molar-refractivity contribution in [1.82, 2.24) is 4.90 Å². The summed E-state index contributed by atoms with van der Waals surface area (Å²) in [5, 5.41) is 0. The molecular formula is C26H31NO3. The molecule has 0 aromatic heterocycles. The van der Waals surface area contributed by atoms with Gasteiger partial charge in [-0.3, -0.25) is 4.90 Å². The van der Waals surface area contributed by atoms with E-state index in [0.29, 0.717) is 18.2 Å². The van der Waals surface area contributed by atoms with Crippen molar-refractivity contribution < 1.29 is 14.2 Å². The highest BCUT2D eigenvalue weighted by Gasteiger charge is 2.53. The molecule has 4 nitrogen and oxygen atoms in total. The van der Waals surface area contributed by atoms with Crippen molar-refractivity contribution in [2.75, 3.05) is 27.0 Å². The molecule has 0 radical (unpaired) electrons. The SMILES string of the molecule is COc1ccc2c(c1)[C@]13CCCC[C@H]1[C@H](C2)N(CCc1ccc2c(c1)OCO2)CC3. The third-order valence-electron chi connectivity index (χ3n) is 8.28. The molecule has 1 saturated carbocycles. The number of hydrogen-bond donors (Lipinski definition) is 0. The molecule has 158 valence electrons. The molecular weight excluding hydrogens is 374 g/mol. The minimum Gasteiger partial charge on any atom is -0.497 e. The van der Waals surface area contributed by atoms with Crippen LogP contribution in [-0.2, 0) is 18.3 Å². The molecule has 1 saturated heterocycles. The van der Waals surface area contributed by atoms with E-state index in [9.17, 15) is 0 Å². The summed E-state index contributed by atoms with van der Waals surface area (Å²) in [6.07, 6.45) is 9.03. The normalized spacial score (nSPS) is 29.2. The lowest BCUT2D eigenvalue weighted by Gasteiger charge is -2.59. The Morgan fingerprint density at radius 3 is 2.93 bits per heavy atom. The molecule has 2 aromatic carbocycles. The number of likely N-dealkylation sites (tertiary alicyclic amines) is 1. The number of methoxy groups -OCH3 is 1. The maximum atomic E-state index is 5.61. The smallest absolute Gasteiger partial charge is 0.231 e. The fourth-order valence-corrected chi connectivity index (χ4v) is 6.84. The van der Waals surface area contributed by atoms with E-state index < -0.39 is 0 Å². The van der Waals surface area contributed by atoms with Gasteiger partial charge in [0.05, 0.1) is 7.11 Å². The van der Waals surface area contributed by atoms with E-state index in [1.807, 2.05) is 0 Å². The summed E-state index contributed by atoms with van der Waals surface area (Å²) in [7, 11) is 1.79. The molecule has 2 heterocycles. The molecule has 2 bridgehead atoms. The Bertz CT molecular complexity index is 957. The van der Waals surface area contributed by atoms with Crippen molar-refractivity contribution in [3.8, 4) is 17.2 Å². The number of hydrogen-bond acceptors (Lipinski definition) is 4. The van der Waals surface area contributed by atoms with Crippen LogP contribution in [0, 0.1) is 5.92 Å². The molecule has 4 aliphatic rings. The van der Waals surface area contributed by atoms with Crippen molar-refractivity contribution in [2.24, 2.45) is 5.92 Å².